The molecule has 0 aliphatic carbocycles. The Bertz CT molecular complexity index is 1090. The Hall–Kier alpha value is -4.17. The van der Waals surface area contributed by atoms with E-state index in [-0.39, 0.29) is 13.0 Å². The number of carboxylic acid groups (broad SMARTS) is 1. The molecule has 0 bridgehead atoms. The molecular formula is C26H26N2O6. The third-order valence-corrected chi connectivity index (χ3v) is 5.12. The SMILES string of the molecule is O=C(N[C@@H](CO)C(=O)N[C@@H](Cc1ccc(-c2ccccc2)cc1)C(=O)O)OCc1ccccc1. The molecule has 0 unspecified atom stereocenters. The predicted octanol–water partition coefficient (Wildman–Crippen LogP) is 2.75. The number of nitrogens with one attached hydrogen (secondary N) is 2. The first-order chi connectivity index (χ1) is 16.5. The van der Waals surface area contributed by atoms with Crippen molar-refractivity contribution in [1.29, 1.82) is 0 Å². The number of aliphatic hydroxyl groups excluding tert-OH is 1. The number of ether oxygens (including phenoxy) is 1. The molecule has 0 saturated carbocycles. The van der Waals surface area contributed by atoms with E-state index in [0.29, 0.717) is 5.56 Å². The number of alkyl carbamates (subject to hydrolysis) is 1. The van der Waals surface area contributed by atoms with Crippen LogP contribution in [-0.4, -0.2) is 46.9 Å². The van der Waals surface area contributed by atoms with Crippen LogP contribution in [0.15, 0.2) is 84.9 Å². The van der Waals surface area contributed by atoms with Gasteiger partial charge in [0.2, 0.25) is 5.91 Å². The van der Waals surface area contributed by atoms with Crippen LogP contribution in [0.1, 0.15) is 11.1 Å². The van der Waals surface area contributed by atoms with Crippen molar-refractivity contribution in [2.24, 2.45) is 0 Å². The van der Waals surface area contributed by atoms with E-state index in [2.05, 4.69) is 10.6 Å². The zero-order valence-electron chi connectivity index (χ0n) is 18.4. The third-order valence-electron chi connectivity index (χ3n) is 5.12. The molecule has 0 spiro atoms. The van der Waals surface area contributed by atoms with Gasteiger partial charge in [-0.2, -0.15) is 0 Å². The second-order valence-corrected chi connectivity index (χ2v) is 7.61. The molecule has 0 aliphatic heterocycles. The first-order valence-corrected chi connectivity index (χ1v) is 10.7. The molecule has 4 N–H and O–H groups in total. The molecule has 8 nitrogen and oxygen atoms in total. The molecule has 3 aromatic carbocycles. The van der Waals surface area contributed by atoms with Crippen LogP contribution in [0.5, 0.6) is 0 Å². The van der Waals surface area contributed by atoms with E-state index in [1.54, 1.807) is 36.4 Å². The summed E-state index contributed by atoms with van der Waals surface area (Å²) in [4.78, 5) is 36.3. The zero-order chi connectivity index (χ0) is 24.3. The number of aliphatic hydroxyl groups is 1. The second kappa shape index (κ2) is 12.2. The van der Waals surface area contributed by atoms with Gasteiger partial charge >= 0.3 is 12.1 Å². The Morgan fingerprint density at radius 3 is 1.91 bits per heavy atom. The monoisotopic (exact) mass is 462 g/mol. The lowest BCUT2D eigenvalue weighted by Gasteiger charge is -2.20. The van der Waals surface area contributed by atoms with Gasteiger partial charge in [0.15, 0.2) is 0 Å². The average molecular weight is 463 g/mol. The van der Waals surface area contributed by atoms with Gasteiger partial charge in [-0.3, -0.25) is 4.79 Å². The van der Waals surface area contributed by atoms with Gasteiger partial charge in [0.1, 0.15) is 18.7 Å². The molecule has 2 amide bonds. The van der Waals surface area contributed by atoms with Crippen LogP contribution in [0.25, 0.3) is 11.1 Å². The van der Waals surface area contributed by atoms with Gasteiger partial charge in [0.25, 0.3) is 0 Å². The highest BCUT2D eigenvalue weighted by molar-refractivity contribution is 5.89. The first kappa shape index (κ1) is 24.5. The number of amides is 2. The molecule has 8 heteroatoms. The summed E-state index contributed by atoms with van der Waals surface area (Å²) in [5, 5.41) is 23.7. The number of aliphatic carboxylic acids is 1. The Balaban J connectivity index is 1.56. The maximum absolute atomic E-state index is 12.5. The van der Waals surface area contributed by atoms with E-state index in [1.807, 2.05) is 48.5 Å². The number of carbonyl (C=O) groups excluding carboxylic acids is 2. The van der Waals surface area contributed by atoms with E-state index in [0.717, 1.165) is 16.7 Å². The van der Waals surface area contributed by atoms with E-state index in [9.17, 15) is 24.6 Å². The first-order valence-electron chi connectivity index (χ1n) is 10.7. The highest BCUT2D eigenvalue weighted by Gasteiger charge is 2.26. The molecule has 2 atom stereocenters. The van der Waals surface area contributed by atoms with Gasteiger partial charge in [0.05, 0.1) is 6.61 Å². The van der Waals surface area contributed by atoms with E-state index < -0.39 is 36.7 Å². The lowest BCUT2D eigenvalue weighted by Crippen LogP contribution is -2.53. The summed E-state index contributed by atoms with van der Waals surface area (Å²) in [6, 6.07) is 23.5. The lowest BCUT2D eigenvalue weighted by molar-refractivity contribution is -0.142. The molecule has 3 rings (SSSR count). The molecule has 34 heavy (non-hydrogen) atoms. The van der Waals surface area contributed by atoms with Gasteiger partial charge in [0, 0.05) is 6.42 Å². The standard InChI is InChI=1S/C26H26N2O6/c29-16-23(28-26(33)34-17-19-7-3-1-4-8-19)24(30)27-22(25(31)32)15-18-11-13-21(14-12-18)20-9-5-2-6-10-20/h1-14,22-23,29H,15-17H2,(H,27,30)(H,28,33)(H,31,32)/t22-,23-/m0/s1. The highest BCUT2D eigenvalue weighted by Crippen LogP contribution is 2.19. The molecule has 176 valence electrons. The second-order valence-electron chi connectivity index (χ2n) is 7.61. The number of benzene rings is 3. The summed E-state index contributed by atoms with van der Waals surface area (Å²) in [5.74, 6) is -2.06. The number of rotatable bonds is 10. The summed E-state index contributed by atoms with van der Waals surface area (Å²) >= 11 is 0. The minimum absolute atomic E-state index is 0.0107. The maximum atomic E-state index is 12.5. The molecule has 0 saturated heterocycles. The largest absolute Gasteiger partial charge is 0.480 e. The van der Waals surface area contributed by atoms with Crippen molar-refractivity contribution in [3.63, 3.8) is 0 Å². The number of hydrogen-bond donors (Lipinski definition) is 4. The quantitative estimate of drug-likeness (QED) is 0.367. The van der Waals surface area contributed by atoms with Gasteiger partial charge < -0.3 is 25.6 Å². The molecule has 0 aromatic heterocycles. The summed E-state index contributed by atoms with van der Waals surface area (Å²) in [7, 11) is 0. The van der Waals surface area contributed by atoms with Crippen molar-refractivity contribution in [2.75, 3.05) is 6.61 Å². The zero-order valence-corrected chi connectivity index (χ0v) is 18.4. The van der Waals surface area contributed by atoms with Gasteiger partial charge in [-0.25, -0.2) is 9.59 Å². The van der Waals surface area contributed by atoms with Gasteiger partial charge in [-0.05, 0) is 22.3 Å². The topological polar surface area (TPSA) is 125 Å². The van der Waals surface area contributed by atoms with Crippen molar-refractivity contribution in [2.45, 2.75) is 25.1 Å². The normalized spacial score (nSPS) is 12.3. The van der Waals surface area contributed by atoms with E-state index >= 15 is 0 Å². The highest BCUT2D eigenvalue weighted by atomic mass is 16.5. The molecular weight excluding hydrogens is 436 g/mol. The number of carbonyl (C=O) groups is 3. The Labute approximate surface area is 197 Å². The van der Waals surface area contributed by atoms with Crippen LogP contribution >= 0.6 is 0 Å². The third kappa shape index (κ3) is 7.18. The molecule has 0 heterocycles. The Morgan fingerprint density at radius 2 is 1.32 bits per heavy atom. The van der Waals surface area contributed by atoms with Crippen LogP contribution in [0.4, 0.5) is 4.79 Å². The Kier molecular flexibility index (Phi) is 8.76. The average Bonchev–Trinajstić information content (AvgIpc) is 2.87. The number of carboxylic acids is 1. The minimum atomic E-state index is -1.36. The van der Waals surface area contributed by atoms with Crippen LogP contribution < -0.4 is 10.6 Å². The maximum Gasteiger partial charge on any atom is 0.408 e. The molecule has 0 aliphatic rings. The summed E-state index contributed by atoms with van der Waals surface area (Å²) in [6.45, 7) is -0.729. The van der Waals surface area contributed by atoms with Crippen molar-refractivity contribution in [3.05, 3.63) is 96.1 Å². The van der Waals surface area contributed by atoms with Crippen molar-refractivity contribution in [3.8, 4) is 11.1 Å². The van der Waals surface area contributed by atoms with Crippen LogP contribution in [0, 0.1) is 0 Å². The van der Waals surface area contributed by atoms with Gasteiger partial charge in [-0.15, -0.1) is 0 Å². The van der Waals surface area contributed by atoms with Gasteiger partial charge in [-0.1, -0.05) is 84.9 Å². The van der Waals surface area contributed by atoms with Crippen LogP contribution in [0.2, 0.25) is 0 Å². The van der Waals surface area contributed by atoms with Crippen molar-refractivity contribution < 1.29 is 29.3 Å². The van der Waals surface area contributed by atoms with E-state index in [1.165, 1.54) is 0 Å². The fraction of sp³-hybridized carbons (Fsp3) is 0.192. The van der Waals surface area contributed by atoms with Crippen LogP contribution in [0.3, 0.4) is 0 Å². The fourth-order valence-corrected chi connectivity index (χ4v) is 3.27. The summed E-state index contributed by atoms with van der Waals surface area (Å²) < 4.78 is 5.05. The smallest absolute Gasteiger partial charge is 0.408 e. The lowest BCUT2D eigenvalue weighted by atomic mass is 10.0. The molecule has 3 aromatic rings. The van der Waals surface area contributed by atoms with Crippen molar-refractivity contribution >= 4 is 18.0 Å². The fourth-order valence-electron chi connectivity index (χ4n) is 3.27. The molecule has 0 radical (unpaired) electrons. The van der Waals surface area contributed by atoms with E-state index in [4.69, 9.17) is 4.74 Å². The minimum Gasteiger partial charge on any atom is -0.480 e. The predicted molar refractivity (Wildman–Crippen MR) is 126 cm³/mol. The van der Waals surface area contributed by atoms with Crippen molar-refractivity contribution in [1.82, 2.24) is 10.6 Å². The Morgan fingerprint density at radius 1 is 0.735 bits per heavy atom. The van der Waals surface area contributed by atoms with Crippen LogP contribution in [-0.2, 0) is 27.4 Å². The summed E-state index contributed by atoms with van der Waals surface area (Å²) in [5.41, 5.74) is 3.49. The summed E-state index contributed by atoms with van der Waals surface area (Å²) in [6.07, 6.45) is -0.867. The molecule has 0 fully saturated rings. The number of hydrogen-bond acceptors (Lipinski definition) is 5.